The molecule has 2 N–H and O–H groups in total. The fourth-order valence-electron chi connectivity index (χ4n) is 3.18. The van der Waals surface area contributed by atoms with Crippen LogP contribution in [0.25, 0.3) is 21.8 Å². The van der Waals surface area contributed by atoms with Crippen molar-refractivity contribution in [3.63, 3.8) is 0 Å². The maximum atomic E-state index is 11.8. The Kier molecular flexibility index (Phi) is 4.33. The van der Waals surface area contributed by atoms with Gasteiger partial charge in [0.15, 0.2) is 0 Å². The third-order valence-corrected chi connectivity index (χ3v) is 4.53. The zero-order valence-electron chi connectivity index (χ0n) is 15.0. The Morgan fingerprint density at radius 1 is 0.964 bits per heavy atom. The summed E-state index contributed by atoms with van der Waals surface area (Å²) < 4.78 is 0. The molecule has 0 saturated heterocycles. The maximum Gasteiger partial charge on any atom is 0.293 e. The summed E-state index contributed by atoms with van der Waals surface area (Å²) in [5, 5.41) is 19.0. The number of nitro benzene ring substituents is 1. The van der Waals surface area contributed by atoms with Crippen molar-refractivity contribution < 1.29 is 9.72 Å². The Bertz CT molecular complexity index is 1180. The molecule has 138 valence electrons. The van der Waals surface area contributed by atoms with E-state index >= 15 is 0 Å². The second-order valence-corrected chi connectivity index (χ2v) is 6.21. The number of pyridine rings is 1. The van der Waals surface area contributed by atoms with Crippen LogP contribution in [0.3, 0.4) is 0 Å². The molecule has 0 atom stereocenters. The van der Waals surface area contributed by atoms with Gasteiger partial charge in [0.25, 0.3) is 11.6 Å². The zero-order valence-corrected chi connectivity index (χ0v) is 15.0. The minimum Gasteiger partial charge on any atom is -0.355 e. The molecule has 1 heterocycles. The predicted molar refractivity (Wildman–Crippen MR) is 109 cm³/mol. The normalized spacial score (nSPS) is 10.8. The molecule has 4 aromatic rings. The zero-order chi connectivity index (χ0) is 19.7. The molecule has 0 fully saturated rings. The van der Waals surface area contributed by atoms with Crippen LogP contribution in [0.2, 0.25) is 0 Å². The maximum absolute atomic E-state index is 11.8. The average molecular weight is 372 g/mol. The summed E-state index contributed by atoms with van der Waals surface area (Å²) in [6.07, 6.45) is 0. The molecule has 0 aliphatic carbocycles. The highest BCUT2D eigenvalue weighted by Crippen LogP contribution is 2.36. The Labute approximate surface area is 160 Å². The van der Waals surface area contributed by atoms with Gasteiger partial charge in [-0.2, -0.15) is 0 Å². The van der Waals surface area contributed by atoms with Crippen molar-refractivity contribution in [3.8, 4) is 0 Å². The molecule has 4 rings (SSSR count). The first kappa shape index (κ1) is 17.4. The van der Waals surface area contributed by atoms with Gasteiger partial charge in [0.1, 0.15) is 5.69 Å². The summed E-state index contributed by atoms with van der Waals surface area (Å²) in [4.78, 5) is 27.6. The molecule has 0 unspecified atom stereocenters. The average Bonchev–Trinajstić information content (AvgIpc) is 2.73. The monoisotopic (exact) mass is 372 g/mol. The summed E-state index contributed by atoms with van der Waals surface area (Å²) in [6.45, 7) is 0. The summed E-state index contributed by atoms with van der Waals surface area (Å²) in [6, 6.07) is 19.6. The number of carbonyl (C=O) groups is 1. The first-order valence-corrected chi connectivity index (χ1v) is 8.63. The quantitative estimate of drug-likeness (QED) is 0.314. The van der Waals surface area contributed by atoms with Crippen LogP contribution in [0.1, 0.15) is 10.4 Å². The van der Waals surface area contributed by atoms with Gasteiger partial charge >= 0.3 is 0 Å². The van der Waals surface area contributed by atoms with Crippen LogP contribution < -0.4 is 10.6 Å². The Morgan fingerprint density at radius 3 is 2.14 bits per heavy atom. The minimum absolute atomic E-state index is 0.175. The molecule has 7 heteroatoms. The lowest BCUT2D eigenvalue weighted by atomic mass is 10.1. The molecule has 0 aliphatic heterocycles. The second kappa shape index (κ2) is 6.96. The van der Waals surface area contributed by atoms with E-state index in [2.05, 4.69) is 15.6 Å². The number of aromatic nitrogens is 1. The third-order valence-electron chi connectivity index (χ3n) is 4.53. The van der Waals surface area contributed by atoms with Crippen molar-refractivity contribution in [2.45, 2.75) is 0 Å². The number of rotatable bonds is 4. The van der Waals surface area contributed by atoms with Crippen molar-refractivity contribution in [1.82, 2.24) is 10.3 Å². The molecule has 0 radical (unpaired) electrons. The first-order chi connectivity index (χ1) is 13.6. The van der Waals surface area contributed by atoms with Crippen LogP contribution in [0.15, 0.2) is 66.7 Å². The van der Waals surface area contributed by atoms with Gasteiger partial charge in [0.2, 0.25) is 0 Å². The molecular weight excluding hydrogens is 356 g/mol. The van der Waals surface area contributed by atoms with E-state index in [-0.39, 0.29) is 17.2 Å². The van der Waals surface area contributed by atoms with Crippen LogP contribution in [0, 0.1) is 10.1 Å². The number of para-hydroxylation sites is 2. The van der Waals surface area contributed by atoms with E-state index in [9.17, 15) is 14.9 Å². The lowest BCUT2D eigenvalue weighted by molar-refractivity contribution is -0.383. The lowest BCUT2D eigenvalue weighted by Crippen LogP contribution is -2.17. The highest BCUT2D eigenvalue weighted by Gasteiger charge is 2.19. The molecule has 0 aliphatic rings. The standard InChI is InChI=1S/C21H16N4O3/c1-22-21(26)13-10-11-18(19(12-13)25(27)28)24-20-14-6-2-4-8-16(14)23-17-9-5-3-7-15(17)20/h2-12H,1H3,(H,22,26)(H,23,24). The minimum atomic E-state index is -0.500. The lowest BCUT2D eigenvalue weighted by Gasteiger charge is -2.14. The largest absolute Gasteiger partial charge is 0.355 e. The number of carbonyl (C=O) groups excluding carboxylic acids is 1. The smallest absolute Gasteiger partial charge is 0.293 e. The molecule has 28 heavy (non-hydrogen) atoms. The first-order valence-electron chi connectivity index (χ1n) is 8.63. The van der Waals surface area contributed by atoms with Crippen molar-refractivity contribution in [2.24, 2.45) is 0 Å². The van der Waals surface area contributed by atoms with Crippen molar-refractivity contribution in [1.29, 1.82) is 0 Å². The topological polar surface area (TPSA) is 97.2 Å². The predicted octanol–water partition coefficient (Wildman–Crippen LogP) is 4.40. The molecule has 0 spiro atoms. The number of benzene rings is 3. The summed E-state index contributed by atoms with van der Waals surface area (Å²) in [7, 11) is 1.48. The van der Waals surface area contributed by atoms with E-state index in [1.807, 2.05) is 48.5 Å². The molecule has 0 saturated carbocycles. The van der Waals surface area contributed by atoms with Crippen molar-refractivity contribution in [3.05, 3.63) is 82.4 Å². The highest BCUT2D eigenvalue weighted by atomic mass is 16.6. The Morgan fingerprint density at radius 2 is 1.57 bits per heavy atom. The van der Waals surface area contributed by atoms with Gasteiger partial charge in [-0.25, -0.2) is 4.98 Å². The fraction of sp³-hybridized carbons (Fsp3) is 0.0476. The van der Waals surface area contributed by atoms with Gasteiger partial charge in [-0.1, -0.05) is 36.4 Å². The van der Waals surface area contributed by atoms with E-state index < -0.39 is 4.92 Å². The number of fused-ring (bicyclic) bond motifs is 2. The van der Waals surface area contributed by atoms with Crippen LogP contribution in [0.5, 0.6) is 0 Å². The van der Waals surface area contributed by atoms with E-state index in [1.54, 1.807) is 12.1 Å². The molecular formula is C21H16N4O3. The van der Waals surface area contributed by atoms with Gasteiger partial charge in [-0.15, -0.1) is 0 Å². The van der Waals surface area contributed by atoms with E-state index in [1.165, 1.54) is 13.1 Å². The third kappa shape index (κ3) is 2.99. The molecule has 7 nitrogen and oxygen atoms in total. The number of nitrogens with one attached hydrogen (secondary N) is 2. The Balaban J connectivity index is 1.92. The summed E-state index contributed by atoms with van der Waals surface area (Å²) >= 11 is 0. The van der Waals surface area contributed by atoms with Gasteiger partial charge in [-0.05, 0) is 24.3 Å². The van der Waals surface area contributed by atoms with Crippen molar-refractivity contribution in [2.75, 3.05) is 12.4 Å². The molecule has 1 amide bonds. The Hall–Kier alpha value is -4.00. The number of nitro groups is 1. The molecule has 0 bridgehead atoms. The highest BCUT2D eigenvalue weighted by molar-refractivity contribution is 6.09. The number of nitrogens with zero attached hydrogens (tertiary/aromatic N) is 2. The van der Waals surface area contributed by atoms with Gasteiger partial charge < -0.3 is 10.6 Å². The molecule has 3 aromatic carbocycles. The summed E-state index contributed by atoms with van der Waals surface area (Å²) in [5.41, 5.74) is 2.66. The van der Waals surface area contributed by atoms with Crippen LogP contribution in [-0.2, 0) is 0 Å². The van der Waals surface area contributed by atoms with Crippen LogP contribution >= 0.6 is 0 Å². The van der Waals surface area contributed by atoms with Gasteiger partial charge in [0, 0.05) is 29.4 Å². The van der Waals surface area contributed by atoms with Gasteiger partial charge in [0.05, 0.1) is 21.6 Å². The van der Waals surface area contributed by atoms with E-state index in [4.69, 9.17) is 0 Å². The van der Waals surface area contributed by atoms with Crippen LogP contribution in [0.4, 0.5) is 17.1 Å². The number of hydrogen-bond acceptors (Lipinski definition) is 5. The number of amides is 1. The fourth-order valence-corrected chi connectivity index (χ4v) is 3.18. The molecule has 1 aromatic heterocycles. The van der Waals surface area contributed by atoms with Crippen molar-refractivity contribution >= 4 is 44.8 Å². The summed E-state index contributed by atoms with van der Waals surface area (Å²) in [5.74, 6) is -0.380. The second-order valence-electron chi connectivity index (χ2n) is 6.21. The SMILES string of the molecule is CNC(=O)c1ccc(Nc2c3ccccc3nc3ccccc23)c([N+](=O)[O-])c1. The van der Waals surface area contributed by atoms with E-state index in [0.29, 0.717) is 5.69 Å². The van der Waals surface area contributed by atoms with Crippen LogP contribution in [-0.4, -0.2) is 22.9 Å². The van der Waals surface area contributed by atoms with E-state index in [0.717, 1.165) is 27.5 Å². The number of anilines is 2. The number of hydrogen-bond donors (Lipinski definition) is 2. The van der Waals surface area contributed by atoms with Gasteiger partial charge in [-0.3, -0.25) is 14.9 Å².